The highest BCUT2D eigenvalue weighted by atomic mass is 16.5. The molecule has 0 radical (unpaired) electrons. The minimum absolute atomic E-state index is 0. The topological polar surface area (TPSA) is 56.8 Å². The van der Waals surface area contributed by atoms with Crippen molar-refractivity contribution >= 4 is 0 Å². The van der Waals surface area contributed by atoms with E-state index in [1.807, 2.05) is 0 Å². The Bertz CT molecular complexity index is 119. The van der Waals surface area contributed by atoms with Crippen molar-refractivity contribution in [3.8, 4) is 12.1 Å². The maximum atomic E-state index is 7.59. The van der Waals surface area contributed by atoms with Gasteiger partial charge >= 0.3 is 0 Å². The normalized spacial score (nSPS) is 14.2. The van der Waals surface area contributed by atoms with E-state index in [2.05, 4.69) is 0 Å². The molecule has 0 atom stereocenters. The standard InChI is InChI=1S/C4H8O.C3H2N2/c1-2-4-5-3-1;4-2-1-3-5/h1-4H2;1H2. The third kappa shape index (κ3) is 6.94. The summed E-state index contributed by atoms with van der Waals surface area (Å²) in [5.41, 5.74) is 0. The molecule has 54 valence electrons. The summed E-state index contributed by atoms with van der Waals surface area (Å²) in [6.45, 7) is 2.00. The Morgan fingerprint density at radius 1 is 1.10 bits per heavy atom. The van der Waals surface area contributed by atoms with Crippen LogP contribution in [-0.2, 0) is 4.74 Å². The fraction of sp³-hybridized carbons (Fsp3) is 0.714. The Morgan fingerprint density at radius 3 is 1.70 bits per heavy atom. The van der Waals surface area contributed by atoms with Gasteiger partial charge in [-0.25, -0.2) is 0 Å². The lowest BCUT2D eigenvalue weighted by Gasteiger charge is -1.76. The van der Waals surface area contributed by atoms with E-state index in [-0.39, 0.29) is 6.42 Å². The molecule has 3 nitrogen and oxygen atoms in total. The molecule has 1 fully saturated rings. The Hall–Kier alpha value is -1.06. The van der Waals surface area contributed by atoms with Gasteiger partial charge in [0.05, 0.1) is 12.1 Å². The van der Waals surface area contributed by atoms with Crippen molar-refractivity contribution in [1.82, 2.24) is 0 Å². The molecule has 0 aromatic rings. The fourth-order valence-electron chi connectivity index (χ4n) is 0.546. The van der Waals surface area contributed by atoms with Gasteiger partial charge in [-0.3, -0.25) is 0 Å². The highest BCUT2D eigenvalue weighted by Crippen LogP contribution is 1.98. The van der Waals surface area contributed by atoms with Gasteiger partial charge in [-0.15, -0.1) is 0 Å². The van der Waals surface area contributed by atoms with Crippen LogP contribution >= 0.6 is 0 Å². The van der Waals surface area contributed by atoms with Crippen LogP contribution in [0.25, 0.3) is 0 Å². The maximum absolute atomic E-state index is 7.59. The van der Waals surface area contributed by atoms with Gasteiger partial charge in [-0.05, 0) is 12.8 Å². The second kappa shape index (κ2) is 7.94. The van der Waals surface area contributed by atoms with Crippen molar-refractivity contribution in [2.24, 2.45) is 0 Å². The summed E-state index contributed by atoms with van der Waals surface area (Å²) in [6.07, 6.45) is 2.56. The van der Waals surface area contributed by atoms with E-state index < -0.39 is 0 Å². The van der Waals surface area contributed by atoms with E-state index >= 15 is 0 Å². The van der Waals surface area contributed by atoms with E-state index in [4.69, 9.17) is 15.3 Å². The zero-order valence-corrected chi connectivity index (χ0v) is 5.84. The van der Waals surface area contributed by atoms with Crippen LogP contribution in [0.5, 0.6) is 0 Å². The average Bonchev–Trinajstić information content (AvgIpc) is 2.44. The van der Waals surface area contributed by atoms with Crippen molar-refractivity contribution in [3.63, 3.8) is 0 Å². The predicted molar refractivity (Wildman–Crippen MR) is 35.9 cm³/mol. The molecule has 0 bridgehead atoms. The summed E-state index contributed by atoms with van der Waals surface area (Å²) in [5, 5.41) is 15.2. The zero-order chi connectivity index (χ0) is 7.66. The summed E-state index contributed by atoms with van der Waals surface area (Å²) in [4.78, 5) is 0. The quantitative estimate of drug-likeness (QED) is 0.505. The Balaban J connectivity index is 0.000000162. The van der Waals surface area contributed by atoms with Crippen LogP contribution in [0.1, 0.15) is 19.3 Å². The molecular weight excluding hydrogens is 128 g/mol. The number of hydrogen-bond donors (Lipinski definition) is 0. The number of rotatable bonds is 0. The van der Waals surface area contributed by atoms with Crippen LogP contribution in [0.4, 0.5) is 0 Å². The van der Waals surface area contributed by atoms with Crippen LogP contribution in [0.15, 0.2) is 0 Å². The summed E-state index contributed by atoms with van der Waals surface area (Å²) < 4.78 is 4.94. The van der Waals surface area contributed by atoms with Gasteiger partial charge in [0.15, 0.2) is 0 Å². The number of nitriles is 2. The van der Waals surface area contributed by atoms with E-state index in [1.54, 1.807) is 12.1 Å². The zero-order valence-electron chi connectivity index (χ0n) is 5.84. The third-order valence-electron chi connectivity index (χ3n) is 0.985. The van der Waals surface area contributed by atoms with Gasteiger partial charge in [0, 0.05) is 13.2 Å². The monoisotopic (exact) mass is 138 g/mol. The van der Waals surface area contributed by atoms with E-state index in [1.165, 1.54) is 12.8 Å². The summed E-state index contributed by atoms with van der Waals surface area (Å²) in [5.74, 6) is 0. The van der Waals surface area contributed by atoms with Gasteiger partial charge in [-0.2, -0.15) is 10.5 Å². The SMILES string of the molecule is C1CCOC1.N#CCC#N. The Morgan fingerprint density at radius 2 is 1.60 bits per heavy atom. The molecule has 1 heterocycles. The second-order valence-corrected chi connectivity index (χ2v) is 1.81. The molecule has 0 aromatic carbocycles. The van der Waals surface area contributed by atoms with Crippen LogP contribution < -0.4 is 0 Å². The van der Waals surface area contributed by atoms with Gasteiger partial charge in [0.25, 0.3) is 0 Å². The molecule has 1 aliphatic rings. The first-order valence-corrected chi connectivity index (χ1v) is 3.23. The lowest BCUT2D eigenvalue weighted by molar-refractivity contribution is 0.198. The molecule has 0 amide bonds. The molecule has 10 heavy (non-hydrogen) atoms. The van der Waals surface area contributed by atoms with E-state index in [0.29, 0.717) is 0 Å². The van der Waals surface area contributed by atoms with Crippen LogP contribution in [0.2, 0.25) is 0 Å². The number of ether oxygens (including phenoxy) is 1. The largest absolute Gasteiger partial charge is 0.381 e. The maximum Gasteiger partial charge on any atom is 0.122 e. The molecule has 0 saturated carbocycles. The Kier molecular flexibility index (Phi) is 7.10. The molecule has 0 spiro atoms. The first kappa shape index (κ1) is 8.94. The third-order valence-corrected chi connectivity index (χ3v) is 0.985. The second-order valence-electron chi connectivity index (χ2n) is 1.81. The first-order chi connectivity index (χ1) is 4.91. The summed E-state index contributed by atoms with van der Waals surface area (Å²) in [7, 11) is 0. The van der Waals surface area contributed by atoms with Gasteiger partial charge in [-0.1, -0.05) is 0 Å². The molecular formula is C7H10N2O. The van der Waals surface area contributed by atoms with E-state index in [0.717, 1.165) is 13.2 Å². The fourth-order valence-corrected chi connectivity index (χ4v) is 0.546. The smallest absolute Gasteiger partial charge is 0.122 e. The van der Waals surface area contributed by atoms with Crippen LogP contribution in [-0.4, -0.2) is 13.2 Å². The van der Waals surface area contributed by atoms with Crippen molar-refractivity contribution in [2.75, 3.05) is 13.2 Å². The molecule has 1 aliphatic heterocycles. The van der Waals surface area contributed by atoms with Crippen LogP contribution in [0.3, 0.4) is 0 Å². The van der Waals surface area contributed by atoms with Gasteiger partial charge < -0.3 is 4.74 Å². The molecule has 1 saturated heterocycles. The molecule has 0 unspecified atom stereocenters. The van der Waals surface area contributed by atoms with Crippen molar-refractivity contribution < 1.29 is 4.74 Å². The molecule has 0 N–H and O–H groups in total. The number of hydrogen-bond acceptors (Lipinski definition) is 3. The summed E-state index contributed by atoms with van der Waals surface area (Å²) >= 11 is 0. The first-order valence-electron chi connectivity index (χ1n) is 3.23. The molecule has 0 aliphatic carbocycles. The number of nitrogens with zero attached hydrogens (tertiary/aromatic N) is 2. The Labute approximate surface area is 60.8 Å². The van der Waals surface area contributed by atoms with E-state index in [9.17, 15) is 0 Å². The lowest BCUT2D eigenvalue weighted by atomic mass is 10.4. The summed E-state index contributed by atoms with van der Waals surface area (Å²) in [6, 6.07) is 3.31. The minimum Gasteiger partial charge on any atom is -0.381 e. The van der Waals surface area contributed by atoms with Gasteiger partial charge in [0.1, 0.15) is 6.42 Å². The molecule has 1 rings (SSSR count). The average molecular weight is 138 g/mol. The van der Waals surface area contributed by atoms with Crippen molar-refractivity contribution in [3.05, 3.63) is 0 Å². The van der Waals surface area contributed by atoms with Crippen molar-refractivity contribution in [1.29, 1.82) is 10.5 Å². The highest BCUT2D eigenvalue weighted by molar-refractivity contribution is 4.85. The molecule has 3 heteroatoms. The van der Waals surface area contributed by atoms with Crippen molar-refractivity contribution in [2.45, 2.75) is 19.3 Å². The highest BCUT2D eigenvalue weighted by Gasteiger charge is 1.94. The van der Waals surface area contributed by atoms with Crippen LogP contribution in [0, 0.1) is 22.7 Å². The lowest BCUT2D eigenvalue weighted by Crippen LogP contribution is -1.74. The minimum atomic E-state index is 0. The molecule has 0 aromatic heterocycles. The van der Waals surface area contributed by atoms with Gasteiger partial charge in [0.2, 0.25) is 0 Å². The predicted octanol–water partition coefficient (Wildman–Crippen LogP) is 1.22.